The Kier molecular flexibility index (Phi) is 5.39. The summed E-state index contributed by atoms with van der Waals surface area (Å²) in [6, 6.07) is -0.265. The van der Waals surface area contributed by atoms with Crippen LogP contribution in [0, 0.1) is 5.92 Å². The molecule has 2 saturated carbocycles. The van der Waals surface area contributed by atoms with Crippen LogP contribution in [0.2, 0.25) is 0 Å². The van der Waals surface area contributed by atoms with Crippen LogP contribution in [0.5, 0.6) is 0 Å². The predicted octanol–water partition coefficient (Wildman–Crippen LogP) is 0.456. The lowest BCUT2D eigenvalue weighted by Gasteiger charge is -2.27. The third-order valence-corrected chi connectivity index (χ3v) is 6.57. The molecule has 2 aromatic heterocycles. The molecule has 152 valence electrons. The van der Waals surface area contributed by atoms with Crippen LogP contribution in [0.3, 0.4) is 0 Å². The maximum absolute atomic E-state index is 11.6. The molecule has 4 rings (SSSR count). The first-order valence-corrected chi connectivity index (χ1v) is 10.7. The van der Waals surface area contributed by atoms with Gasteiger partial charge in [0, 0.05) is 11.8 Å². The number of fused-ring (bicyclic) bond motifs is 1. The second kappa shape index (κ2) is 7.80. The Morgan fingerprint density at radius 1 is 1.32 bits per heavy atom. The zero-order valence-electron chi connectivity index (χ0n) is 15.7. The topological polar surface area (TPSA) is 152 Å². The fraction of sp³-hybridized carbons (Fsp3) is 0.706. The number of aliphatic hydroxyl groups excluding tert-OH is 2. The highest BCUT2D eigenvalue weighted by molar-refractivity contribution is 7.99. The Morgan fingerprint density at radius 3 is 2.71 bits per heavy atom. The van der Waals surface area contributed by atoms with Crippen molar-refractivity contribution in [2.45, 2.75) is 68.5 Å². The SMILES string of the molecule is CCCSc1nc(NC2CCC2)c2nnn([C@@H]3C[C@H](C(N)=O)[C@@H](O)[C@H]3O)c2n1. The van der Waals surface area contributed by atoms with Gasteiger partial charge in [0.05, 0.1) is 18.1 Å². The Labute approximate surface area is 166 Å². The number of nitrogens with one attached hydrogen (secondary N) is 1. The molecule has 2 heterocycles. The zero-order valence-corrected chi connectivity index (χ0v) is 16.5. The van der Waals surface area contributed by atoms with Gasteiger partial charge in [-0.05, 0) is 32.1 Å². The molecule has 0 saturated heterocycles. The molecule has 0 unspecified atom stereocenters. The molecule has 28 heavy (non-hydrogen) atoms. The summed E-state index contributed by atoms with van der Waals surface area (Å²) >= 11 is 1.55. The summed E-state index contributed by atoms with van der Waals surface area (Å²) in [6.45, 7) is 2.09. The van der Waals surface area contributed by atoms with Crippen LogP contribution in [0.15, 0.2) is 5.16 Å². The van der Waals surface area contributed by atoms with Crippen molar-refractivity contribution in [3.8, 4) is 0 Å². The van der Waals surface area contributed by atoms with Crippen LogP contribution < -0.4 is 11.1 Å². The van der Waals surface area contributed by atoms with Gasteiger partial charge in [-0.2, -0.15) is 0 Å². The molecule has 10 nitrogen and oxygen atoms in total. The first kappa shape index (κ1) is 19.3. The van der Waals surface area contributed by atoms with Crippen LogP contribution in [-0.2, 0) is 4.79 Å². The average Bonchev–Trinajstić information content (AvgIpc) is 3.18. The summed E-state index contributed by atoms with van der Waals surface area (Å²) in [6.07, 6.45) is 2.13. The van der Waals surface area contributed by atoms with E-state index in [1.165, 1.54) is 11.1 Å². The standard InChI is InChI=1S/C17H25N7O3S/c1-2-6-28-17-20-15(19-8-4-3-5-8)11-16(21-17)24(23-22-11)10-7-9(14(18)27)12(25)13(10)26/h8-10,12-13,25-26H,2-7H2,1H3,(H2,18,27)(H,19,20,21)/t9-,10+,12+,13-/m0/s1. The number of primary amides is 1. The minimum absolute atomic E-state index is 0.183. The Hall–Kier alpha value is -1.98. The third kappa shape index (κ3) is 3.42. The molecule has 0 aromatic carbocycles. The smallest absolute Gasteiger partial charge is 0.223 e. The van der Waals surface area contributed by atoms with Crippen molar-refractivity contribution >= 4 is 34.7 Å². The quantitative estimate of drug-likeness (QED) is 0.379. The molecular formula is C17H25N7O3S. The molecule has 2 aliphatic carbocycles. The van der Waals surface area contributed by atoms with Crippen LogP contribution >= 0.6 is 11.8 Å². The molecule has 2 aliphatic rings. The van der Waals surface area contributed by atoms with Gasteiger partial charge in [0.2, 0.25) is 5.91 Å². The van der Waals surface area contributed by atoms with E-state index in [4.69, 9.17) is 5.73 Å². The number of hydrogen-bond donors (Lipinski definition) is 4. The van der Waals surface area contributed by atoms with Crippen LogP contribution in [0.4, 0.5) is 5.82 Å². The van der Waals surface area contributed by atoms with Gasteiger partial charge in [0.15, 0.2) is 22.1 Å². The molecule has 2 fully saturated rings. The van der Waals surface area contributed by atoms with Gasteiger partial charge in [0.1, 0.15) is 6.10 Å². The van der Waals surface area contributed by atoms with E-state index < -0.39 is 30.1 Å². The summed E-state index contributed by atoms with van der Waals surface area (Å²) in [4.78, 5) is 20.8. The number of rotatable bonds is 7. The second-order valence-corrected chi connectivity index (χ2v) is 8.54. The maximum atomic E-state index is 11.6. The van der Waals surface area contributed by atoms with Gasteiger partial charge in [-0.15, -0.1) is 5.10 Å². The van der Waals surface area contributed by atoms with E-state index in [0.29, 0.717) is 28.2 Å². The average molecular weight is 408 g/mol. The van der Waals surface area contributed by atoms with Crippen LogP contribution in [0.25, 0.3) is 11.2 Å². The van der Waals surface area contributed by atoms with Crippen molar-refractivity contribution < 1.29 is 15.0 Å². The van der Waals surface area contributed by atoms with Gasteiger partial charge in [-0.1, -0.05) is 23.9 Å². The van der Waals surface area contributed by atoms with Gasteiger partial charge in [-0.3, -0.25) is 4.79 Å². The summed E-state index contributed by atoms with van der Waals surface area (Å²) in [5.74, 6) is 0.0473. The van der Waals surface area contributed by atoms with Crippen molar-refractivity contribution in [1.29, 1.82) is 0 Å². The van der Waals surface area contributed by atoms with E-state index in [-0.39, 0.29) is 6.42 Å². The molecule has 0 bridgehead atoms. The fourth-order valence-corrected chi connectivity index (χ4v) is 4.37. The van der Waals surface area contributed by atoms with Crippen LogP contribution in [0.1, 0.15) is 45.1 Å². The number of aliphatic hydroxyl groups is 2. The highest BCUT2D eigenvalue weighted by Crippen LogP contribution is 2.37. The zero-order chi connectivity index (χ0) is 19.8. The lowest BCUT2D eigenvalue weighted by Crippen LogP contribution is -2.35. The van der Waals surface area contributed by atoms with Gasteiger partial charge in [-0.25, -0.2) is 14.6 Å². The fourth-order valence-electron chi connectivity index (χ4n) is 3.67. The monoisotopic (exact) mass is 407 g/mol. The first-order chi connectivity index (χ1) is 13.5. The summed E-state index contributed by atoms with van der Waals surface area (Å²) in [5, 5.41) is 33.1. The molecule has 1 amide bonds. The number of carbonyl (C=O) groups excluding carboxylic acids is 1. The van der Waals surface area contributed by atoms with Crippen molar-refractivity contribution in [2.24, 2.45) is 11.7 Å². The van der Waals surface area contributed by atoms with Gasteiger partial charge in [0.25, 0.3) is 0 Å². The van der Waals surface area contributed by atoms with Crippen LogP contribution in [-0.4, -0.2) is 65.1 Å². The Morgan fingerprint density at radius 2 is 2.11 bits per heavy atom. The van der Waals surface area contributed by atoms with Gasteiger partial charge < -0.3 is 21.3 Å². The maximum Gasteiger partial charge on any atom is 0.223 e. The Bertz CT molecular complexity index is 872. The first-order valence-electron chi connectivity index (χ1n) is 9.67. The highest BCUT2D eigenvalue weighted by Gasteiger charge is 2.46. The molecular weight excluding hydrogens is 382 g/mol. The van der Waals surface area contributed by atoms with Crippen molar-refractivity contribution in [1.82, 2.24) is 25.0 Å². The normalized spacial score (nSPS) is 27.8. The number of nitrogens with two attached hydrogens (primary N) is 1. The van der Waals surface area contributed by atoms with E-state index in [1.54, 1.807) is 11.8 Å². The number of carbonyl (C=O) groups is 1. The number of thioether (sulfide) groups is 1. The van der Waals surface area contributed by atoms with Crippen molar-refractivity contribution in [3.63, 3.8) is 0 Å². The molecule has 2 aromatic rings. The lowest BCUT2D eigenvalue weighted by molar-refractivity contribution is -0.125. The summed E-state index contributed by atoms with van der Waals surface area (Å²) < 4.78 is 1.50. The number of nitrogens with zero attached hydrogens (tertiary/aromatic N) is 5. The van der Waals surface area contributed by atoms with E-state index in [1.807, 2.05) is 0 Å². The minimum atomic E-state index is -1.23. The Balaban J connectivity index is 1.72. The van der Waals surface area contributed by atoms with E-state index in [0.717, 1.165) is 25.0 Å². The molecule has 0 aliphatic heterocycles. The summed E-state index contributed by atoms with van der Waals surface area (Å²) in [7, 11) is 0. The second-order valence-electron chi connectivity index (χ2n) is 7.47. The third-order valence-electron chi connectivity index (χ3n) is 5.52. The van der Waals surface area contributed by atoms with Crippen molar-refractivity contribution in [2.75, 3.05) is 11.1 Å². The molecule has 11 heteroatoms. The number of amides is 1. The number of hydrogen-bond acceptors (Lipinski definition) is 9. The largest absolute Gasteiger partial charge is 0.390 e. The molecule has 0 radical (unpaired) electrons. The number of anilines is 1. The summed E-state index contributed by atoms with van der Waals surface area (Å²) in [5.41, 5.74) is 6.37. The van der Waals surface area contributed by atoms with Gasteiger partial charge >= 0.3 is 0 Å². The number of aromatic nitrogens is 5. The molecule has 4 atom stereocenters. The minimum Gasteiger partial charge on any atom is -0.390 e. The molecule has 0 spiro atoms. The van der Waals surface area contributed by atoms with E-state index >= 15 is 0 Å². The van der Waals surface area contributed by atoms with E-state index in [9.17, 15) is 15.0 Å². The van der Waals surface area contributed by atoms with E-state index in [2.05, 4.69) is 32.5 Å². The molecule has 5 N–H and O–H groups in total. The lowest BCUT2D eigenvalue weighted by atomic mass is 9.93. The highest BCUT2D eigenvalue weighted by atomic mass is 32.2. The van der Waals surface area contributed by atoms with Crippen molar-refractivity contribution in [3.05, 3.63) is 0 Å². The predicted molar refractivity (Wildman–Crippen MR) is 104 cm³/mol.